The molecule has 0 spiro atoms. The molecule has 1 amide bonds. The van der Waals surface area contributed by atoms with E-state index in [2.05, 4.69) is 15.5 Å². The van der Waals surface area contributed by atoms with Crippen LogP contribution in [-0.4, -0.2) is 22.7 Å². The predicted molar refractivity (Wildman–Crippen MR) is 71.8 cm³/mol. The summed E-state index contributed by atoms with van der Waals surface area (Å²) < 4.78 is 5.42. The number of anilines is 1. The molecule has 2 rings (SSSR count). The molecule has 100 valence electrons. The lowest BCUT2D eigenvalue weighted by Crippen LogP contribution is -2.23. The van der Waals surface area contributed by atoms with E-state index < -0.39 is 0 Å². The molecule has 0 aliphatic heterocycles. The fourth-order valence-corrected chi connectivity index (χ4v) is 1.69. The number of amides is 1. The van der Waals surface area contributed by atoms with Crippen LogP contribution < -0.4 is 15.8 Å². The number of hydrogen-bond acceptors (Lipinski definition) is 4. The Morgan fingerprint density at radius 1 is 1.53 bits per heavy atom. The van der Waals surface area contributed by atoms with Crippen LogP contribution in [0, 0.1) is 0 Å². The van der Waals surface area contributed by atoms with Gasteiger partial charge in [-0.15, -0.1) is 0 Å². The van der Waals surface area contributed by atoms with Crippen molar-refractivity contribution in [1.82, 2.24) is 15.5 Å². The zero-order chi connectivity index (χ0) is 13.7. The van der Waals surface area contributed by atoms with Gasteiger partial charge in [0.15, 0.2) is 5.75 Å². The number of ether oxygens (including phenoxy) is 1. The predicted octanol–water partition coefficient (Wildman–Crippen LogP) is 1.32. The average molecular weight is 260 g/mol. The van der Waals surface area contributed by atoms with Crippen LogP contribution in [0.2, 0.25) is 0 Å². The van der Waals surface area contributed by atoms with E-state index in [1.54, 1.807) is 30.6 Å². The van der Waals surface area contributed by atoms with Gasteiger partial charge in [0.1, 0.15) is 0 Å². The topological polar surface area (TPSA) is 93.0 Å². The van der Waals surface area contributed by atoms with Gasteiger partial charge in [0.25, 0.3) is 5.91 Å². The Bertz CT molecular complexity index is 552. The number of nitrogens with one attached hydrogen (secondary N) is 2. The molecule has 1 aromatic carbocycles. The lowest BCUT2D eigenvalue weighted by atomic mass is 10.1. The van der Waals surface area contributed by atoms with Crippen LogP contribution in [0.4, 0.5) is 5.69 Å². The van der Waals surface area contributed by atoms with Gasteiger partial charge >= 0.3 is 0 Å². The number of rotatable bonds is 5. The second kappa shape index (κ2) is 5.90. The van der Waals surface area contributed by atoms with Crippen molar-refractivity contribution in [2.45, 2.75) is 13.5 Å². The van der Waals surface area contributed by atoms with E-state index in [0.717, 1.165) is 5.56 Å². The first-order valence-corrected chi connectivity index (χ1v) is 5.99. The maximum atomic E-state index is 12.1. The van der Waals surface area contributed by atoms with E-state index in [0.29, 0.717) is 30.2 Å². The number of carbonyl (C=O) groups is 1. The molecule has 6 nitrogen and oxygen atoms in total. The number of hydrogen-bond donors (Lipinski definition) is 3. The number of benzene rings is 1. The maximum absolute atomic E-state index is 12.1. The van der Waals surface area contributed by atoms with Gasteiger partial charge in [0.2, 0.25) is 0 Å². The summed E-state index contributed by atoms with van der Waals surface area (Å²) in [6, 6.07) is 5.12. The molecule has 1 heterocycles. The highest BCUT2D eigenvalue weighted by Crippen LogP contribution is 2.26. The number of nitrogens with two attached hydrogens (primary N) is 1. The Morgan fingerprint density at radius 3 is 3.05 bits per heavy atom. The van der Waals surface area contributed by atoms with E-state index in [-0.39, 0.29) is 5.91 Å². The van der Waals surface area contributed by atoms with Crippen LogP contribution in [0.3, 0.4) is 0 Å². The highest BCUT2D eigenvalue weighted by atomic mass is 16.5. The van der Waals surface area contributed by atoms with Crippen LogP contribution in [0.25, 0.3) is 0 Å². The summed E-state index contributed by atoms with van der Waals surface area (Å²) in [4.78, 5) is 12.1. The summed E-state index contributed by atoms with van der Waals surface area (Å²) in [7, 11) is 0. The van der Waals surface area contributed by atoms with E-state index in [4.69, 9.17) is 10.5 Å². The van der Waals surface area contributed by atoms with Crippen LogP contribution in [0.5, 0.6) is 5.75 Å². The zero-order valence-electron chi connectivity index (χ0n) is 10.6. The molecule has 0 fully saturated rings. The maximum Gasteiger partial charge on any atom is 0.255 e. The normalized spacial score (nSPS) is 10.2. The van der Waals surface area contributed by atoms with Crippen molar-refractivity contribution in [3.63, 3.8) is 0 Å². The monoisotopic (exact) mass is 260 g/mol. The largest absolute Gasteiger partial charge is 0.491 e. The zero-order valence-corrected chi connectivity index (χ0v) is 10.6. The number of H-pyrrole nitrogens is 1. The first-order chi connectivity index (χ1) is 9.22. The number of aromatic nitrogens is 2. The first-order valence-electron chi connectivity index (χ1n) is 5.99. The van der Waals surface area contributed by atoms with Crippen LogP contribution >= 0.6 is 0 Å². The number of nitrogens with zero attached hydrogens (tertiary/aromatic N) is 1. The smallest absolute Gasteiger partial charge is 0.255 e. The fourth-order valence-electron chi connectivity index (χ4n) is 1.69. The molecule has 2 aromatic rings. The Balaban J connectivity index is 2.12. The van der Waals surface area contributed by atoms with Gasteiger partial charge in [-0.05, 0) is 19.1 Å². The highest BCUT2D eigenvalue weighted by Gasteiger charge is 2.14. The van der Waals surface area contributed by atoms with Crippen molar-refractivity contribution in [2.24, 2.45) is 0 Å². The van der Waals surface area contributed by atoms with Crippen molar-refractivity contribution in [3.05, 3.63) is 41.7 Å². The van der Waals surface area contributed by atoms with Crippen molar-refractivity contribution in [1.29, 1.82) is 0 Å². The van der Waals surface area contributed by atoms with Crippen LogP contribution in [0.15, 0.2) is 30.6 Å². The minimum absolute atomic E-state index is 0.225. The van der Waals surface area contributed by atoms with E-state index in [9.17, 15) is 4.79 Å². The molecule has 0 atom stereocenters. The summed E-state index contributed by atoms with van der Waals surface area (Å²) in [6.45, 7) is 2.70. The summed E-state index contributed by atoms with van der Waals surface area (Å²) >= 11 is 0. The molecule has 0 radical (unpaired) electrons. The van der Waals surface area contributed by atoms with Crippen LogP contribution in [0.1, 0.15) is 22.8 Å². The third-order valence-corrected chi connectivity index (χ3v) is 2.59. The van der Waals surface area contributed by atoms with Crippen LogP contribution in [-0.2, 0) is 6.54 Å². The molecular weight excluding hydrogens is 244 g/mol. The van der Waals surface area contributed by atoms with Crippen molar-refractivity contribution in [3.8, 4) is 5.75 Å². The molecule has 0 unspecified atom stereocenters. The first kappa shape index (κ1) is 12.9. The summed E-state index contributed by atoms with van der Waals surface area (Å²) in [5.41, 5.74) is 7.61. The second-order valence-corrected chi connectivity index (χ2v) is 3.95. The molecule has 4 N–H and O–H groups in total. The molecule has 0 saturated heterocycles. The quantitative estimate of drug-likeness (QED) is 0.707. The number of carbonyl (C=O) groups excluding carboxylic acids is 1. The molecule has 6 heteroatoms. The van der Waals surface area contributed by atoms with E-state index in [1.807, 2.05) is 6.92 Å². The van der Waals surface area contributed by atoms with Gasteiger partial charge in [0.05, 0.1) is 24.1 Å². The molecule has 0 aliphatic carbocycles. The SMILES string of the molecule is CCOc1c(N)cccc1C(=O)NCc1cn[nH]c1. The Kier molecular flexibility index (Phi) is 4.02. The third-order valence-electron chi connectivity index (χ3n) is 2.59. The standard InChI is InChI=1S/C13H16N4O2/c1-2-19-12-10(4-3-5-11(12)14)13(18)15-6-9-7-16-17-8-9/h3-5,7-8H,2,6,14H2,1H3,(H,15,18)(H,16,17). The molecule has 0 saturated carbocycles. The number of nitrogen functional groups attached to an aromatic ring is 1. The van der Waals surface area contributed by atoms with Gasteiger partial charge in [-0.3, -0.25) is 9.89 Å². The molecule has 0 aliphatic rings. The second-order valence-electron chi connectivity index (χ2n) is 3.95. The summed E-state index contributed by atoms with van der Waals surface area (Å²) in [6.07, 6.45) is 3.38. The third kappa shape index (κ3) is 3.04. The van der Waals surface area contributed by atoms with Crippen molar-refractivity contribution < 1.29 is 9.53 Å². The lowest BCUT2D eigenvalue weighted by Gasteiger charge is -2.12. The van der Waals surface area contributed by atoms with E-state index in [1.165, 1.54) is 0 Å². The van der Waals surface area contributed by atoms with E-state index >= 15 is 0 Å². The van der Waals surface area contributed by atoms with Crippen molar-refractivity contribution >= 4 is 11.6 Å². The number of aromatic amines is 1. The lowest BCUT2D eigenvalue weighted by molar-refractivity contribution is 0.0947. The van der Waals surface area contributed by atoms with Gasteiger partial charge in [-0.1, -0.05) is 6.07 Å². The summed E-state index contributed by atoms with van der Waals surface area (Å²) in [5, 5.41) is 9.29. The number of para-hydroxylation sites is 1. The molecule has 0 bridgehead atoms. The van der Waals surface area contributed by atoms with Gasteiger partial charge < -0.3 is 15.8 Å². The minimum Gasteiger partial charge on any atom is -0.491 e. The molecular formula is C13H16N4O2. The molecule has 1 aromatic heterocycles. The summed E-state index contributed by atoms with van der Waals surface area (Å²) in [5.74, 6) is 0.201. The van der Waals surface area contributed by atoms with Gasteiger partial charge in [-0.25, -0.2) is 0 Å². The fraction of sp³-hybridized carbons (Fsp3) is 0.231. The molecule has 19 heavy (non-hydrogen) atoms. The Morgan fingerprint density at radius 2 is 2.37 bits per heavy atom. The Hall–Kier alpha value is -2.50. The van der Waals surface area contributed by atoms with Gasteiger partial charge in [-0.2, -0.15) is 5.10 Å². The van der Waals surface area contributed by atoms with Crippen molar-refractivity contribution in [2.75, 3.05) is 12.3 Å². The Labute approximate surface area is 111 Å². The van der Waals surface area contributed by atoms with Gasteiger partial charge in [0, 0.05) is 18.3 Å². The average Bonchev–Trinajstić information content (AvgIpc) is 2.92. The highest BCUT2D eigenvalue weighted by molar-refractivity contribution is 5.98. The minimum atomic E-state index is -0.225.